The molecule has 1 aromatic rings. The van der Waals surface area contributed by atoms with E-state index < -0.39 is 36.4 Å². The zero-order valence-electron chi connectivity index (χ0n) is 10.1. The minimum Gasteiger partial charge on any atom is -0.394 e. The van der Waals surface area contributed by atoms with Gasteiger partial charge in [-0.25, -0.2) is 9.18 Å². The van der Waals surface area contributed by atoms with Crippen molar-refractivity contribution in [1.82, 2.24) is 9.55 Å². The van der Waals surface area contributed by atoms with E-state index in [-0.39, 0.29) is 6.42 Å². The normalized spacial score (nSPS) is 27.0. The van der Waals surface area contributed by atoms with Gasteiger partial charge in [0, 0.05) is 16.2 Å². The van der Waals surface area contributed by atoms with Crippen molar-refractivity contribution in [2.45, 2.75) is 24.9 Å². The van der Waals surface area contributed by atoms with Crippen LogP contribution in [0, 0.1) is 0 Å². The number of aromatic nitrogens is 2. The Morgan fingerprint density at radius 2 is 2.35 bits per heavy atom. The van der Waals surface area contributed by atoms with E-state index in [2.05, 4.69) is 4.98 Å². The molecule has 110 valence electrons. The lowest BCUT2D eigenvalue weighted by Gasteiger charge is -2.15. The Kier molecular flexibility index (Phi) is 5.36. The van der Waals surface area contributed by atoms with Gasteiger partial charge < -0.3 is 9.84 Å². The van der Waals surface area contributed by atoms with Gasteiger partial charge in [-0.3, -0.25) is 14.3 Å². The fraction of sp³-hybridized carbons (Fsp3) is 0.455. The standard InChI is InChI=1S/C11H11FI2N2O4/c12-6-1-9(20-8(6)4-17)16-3-5(7(14)2-13)10(18)15-11(16)19/h2-3,6,8-9,17H,1,4H2,(H,15,18,19)/b7-2-/t6-,8+,9+/m0/s1. The largest absolute Gasteiger partial charge is 0.394 e. The molecule has 6 nitrogen and oxygen atoms in total. The van der Waals surface area contributed by atoms with Crippen LogP contribution in [0.15, 0.2) is 19.9 Å². The number of aliphatic hydroxyl groups excluding tert-OH is 1. The number of alkyl halides is 1. The Morgan fingerprint density at radius 3 is 2.90 bits per heavy atom. The fourth-order valence-electron chi connectivity index (χ4n) is 1.95. The highest BCUT2D eigenvalue weighted by Crippen LogP contribution is 2.30. The van der Waals surface area contributed by atoms with Crippen molar-refractivity contribution in [1.29, 1.82) is 0 Å². The average Bonchev–Trinajstić information content (AvgIpc) is 2.79. The first-order valence-electron chi connectivity index (χ1n) is 5.70. The van der Waals surface area contributed by atoms with Gasteiger partial charge in [-0.1, -0.05) is 22.6 Å². The third kappa shape index (κ3) is 3.14. The molecule has 0 bridgehead atoms. The highest BCUT2D eigenvalue weighted by atomic mass is 127. The summed E-state index contributed by atoms with van der Waals surface area (Å²) >= 11 is 3.95. The molecule has 0 amide bonds. The van der Waals surface area contributed by atoms with Crippen LogP contribution in [0.3, 0.4) is 0 Å². The van der Waals surface area contributed by atoms with E-state index in [0.717, 1.165) is 4.57 Å². The van der Waals surface area contributed by atoms with Crippen molar-refractivity contribution in [2.24, 2.45) is 0 Å². The van der Waals surface area contributed by atoms with E-state index in [1.165, 1.54) is 6.20 Å². The summed E-state index contributed by atoms with van der Waals surface area (Å²) in [4.78, 5) is 25.7. The molecule has 1 aliphatic rings. The zero-order valence-corrected chi connectivity index (χ0v) is 14.4. The van der Waals surface area contributed by atoms with Crippen LogP contribution in [0.4, 0.5) is 4.39 Å². The maximum Gasteiger partial charge on any atom is 0.330 e. The van der Waals surface area contributed by atoms with Gasteiger partial charge in [0.2, 0.25) is 0 Å². The van der Waals surface area contributed by atoms with Crippen molar-refractivity contribution >= 4 is 48.8 Å². The molecule has 0 unspecified atom stereocenters. The Hall–Kier alpha value is -0.270. The van der Waals surface area contributed by atoms with Crippen LogP contribution in [0.2, 0.25) is 0 Å². The van der Waals surface area contributed by atoms with Crippen LogP contribution in [0.5, 0.6) is 0 Å². The molecule has 20 heavy (non-hydrogen) atoms. The van der Waals surface area contributed by atoms with Gasteiger partial charge in [-0.2, -0.15) is 0 Å². The van der Waals surface area contributed by atoms with E-state index in [0.29, 0.717) is 9.14 Å². The number of halogens is 3. The van der Waals surface area contributed by atoms with Gasteiger partial charge in [0.15, 0.2) is 0 Å². The molecule has 1 aromatic heterocycles. The minimum atomic E-state index is -1.34. The fourth-order valence-corrected chi connectivity index (χ4v) is 2.67. The highest BCUT2D eigenvalue weighted by molar-refractivity contribution is 14.1. The molecule has 0 radical (unpaired) electrons. The van der Waals surface area contributed by atoms with Crippen molar-refractivity contribution in [2.75, 3.05) is 6.61 Å². The third-order valence-electron chi connectivity index (χ3n) is 2.97. The molecular weight excluding hydrogens is 497 g/mol. The van der Waals surface area contributed by atoms with Crippen LogP contribution in [-0.4, -0.2) is 33.5 Å². The van der Waals surface area contributed by atoms with E-state index >= 15 is 0 Å². The van der Waals surface area contributed by atoms with Crippen molar-refractivity contribution in [3.63, 3.8) is 0 Å². The third-order valence-corrected chi connectivity index (χ3v) is 5.68. The second-order valence-electron chi connectivity index (χ2n) is 4.23. The van der Waals surface area contributed by atoms with E-state index in [4.69, 9.17) is 9.84 Å². The lowest BCUT2D eigenvalue weighted by Crippen LogP contribution is -2.33. The number of aromatic amines is 1. The van der Waals surface area contributed by atoms with Gasteiger partial charge >= 0.3 is 5.69 Å². The van der Waals surface area contributed by atoms with Crippen LogP contribution in [0.1, 0.15) is 18.2 Å². The molecule has 0 aromatic carbocycles. The van der Waals surface area contributed by atoms with Crippen LogP contribution in [-0.2, 0) is 4.74 Å². The highest BCUT2D eigenvalue weighted by Gasteiger charge is 2.36. The monoisotopic (exact) mass is 508 g/mol. The van der Waals surface area contributed by atoms with Gasteiger partial charge in [-0.15, -0.1) is 0 Å². The van der Waals surface area contributed by atoms with Crippen molar-refractivity contribution < 1.29 is 14.2 Å². The molecule has 0 aliphatic carbocycles. The molecule has 1 saturated heterocycles. The summed E-state index contributed by atoms with van der Waals surface area (Å²) < 4.78 is 22.4. The smallest absolute Gasteiger partial charge is 0.330 e. The van der Waals surface area contributed by atoms with E-state index in [1.807, 2.05) is 45.2 Å². The number of hydrogen-bond acceptors (Lipinski definition) is 4. The zero-order chi connectivity index (χ0) is 14.9. The number of hydrogen-bond donors (Lipinski definition) is 2. The summed E-state index contributed by atoms with van der Waals surface area (Å²) in [6, 6.07) is 0. The van der Waals surface area contributed by atoms with Crippen molar-refractivity contribution in [3.8, 4) is 0 Å². The van der Waals surface area contributed by atoms with Crippen molar-refractivity contribution in [3.05, 3.63) is 36.7 Å². The van der Waals surface area contributed by atoms with Crippen LogP contribution in [0.25, 0.3) is 3.58 Å². The molecular formula is C11H11FI2N2O4. The van der Waals surface area contributed by atoms with E-state index in [9.17, 15) is 14.0 Å². The molecule has 2 N–H and O–H groups in total. The number of ether oxygens (including phenoxy) is 1. The van der Waals surface area contributed by atoms with E-state index in [1.54, 1.807) is 4.08 Å². The maximum atomic E-state index is 13.6. The first-order valence-corrected chi connectivity index (χ1v) is 8.02. The molecule has 2 heterocycles. The summed E-state index contributed by atoms with van der Waals surface area (Å²) in [5, 5.41) is 8.97. The van der Waals surface area contributed by atoms with Crippen LogP contribution >= 0.6 is 45.2 Å². The summed E-state index contributed by atoms with van der Waals surface area (Å²) in [6.07, 6.45) is -1.80. The summed E-state index contributed by atoms with van der Waals surface area (Å²) in [5.74, 6) is 0. The Labute approximate surface area is 140 Å². The van der Waals surface area contributed by atoms with Gasteiger partial charge in [0.05, 0.1) is 12.2 Å². The molecule has 1 fully saturated rings. The lowest BCUT2D eigenvalue weighted by molar-refractivity contribution is -0.0356. The van der Waals surface area contributed by atoms with Gasteiger partial charge in [-0.05, 0) is 26.7 Å². The Morgan fingerprint density at radius 1 is 1.65 bits per heavy atom. The molecule has 2 rings (SSSR count). The second-order valence-corrected chi connectivity index (χ2v) is 6.01. The average molecular weight is 508 g/mol. The summed E-state index contributed by atoms with van der Waals surface area (Å²) in [6.45, 7) is -0.451. The quantitative estimate of drug-likeness (QED) is 0.604. The SMILES string of the molecule is O=c1[nH]c(=O)n([C@H]2C[C@H](F)[C@@H](CO)O2)cc1/C(I)=C/I. The summed E-state index contributed by atoms with van der Waals surface area (Å²) in [7, 11) is 0. The molecule has 3 atom stereocenters. The predicted octanol–water partition coefficient (Wildman–Crippen LogP) is 1.32. The van der Waals surface area contributed by atoms with Gasteiger partial charge in [0.1, 0.15) is 18.5 Å². The number of nitrogens with zero attached hydrogens (tertiary/aromatic N) is 1. The first-order chi connectivity index (χ1) is 9.47. The molecule has 0 spiro atoms. The summed E-state index contributed by atoms with van der Waals surface area (Å²) in [5.41, 5.74) is -0.852. The Balaban J connectivity index is 2.43. The van der Waals surface area contributed by atoms with Gasteiger partial charge in [0.25, 0.3) is 5.56 Å². The minimum absolute atomic E-state index is 0.0405. The number of rotatable bonds is 3. The molecule has 9 heteroatoms. The molecule has 1 aliphatic heterocycles. The lowest BCUT2D eigenvalue weighted by atomic mass is 10.2. The first kappa shape index (κ1) is 16.1. The maximum absolute atomic E-state index is 13.6. The number of aliphatic hydroxyl groups is 1. The molecule has 0 saturated carbocycles. The second kappa shape index (κ2) is 6.66. The Bertz CT molecular complexity index is 642. The number of H-pyrrole nitrogens is 1. The number of nitrogens with one attached hydrogen (secondary N) is 1. The topological polar surface area (TPSA) is 84.3 Å². The predicted molar refractivity (Wildman–Crippen MR) is 87.8 cm³/mol. The van der Waals surface area contributed by atoms with Crippen LogP contribution < -0.4 is 11.2 Å².